The molecule has 0 aliphatic carbocycles. The SMILES string of the molecule is C[C@H]1O[C@@H](Sc2ccccc2)[C@H](OC(=O)c2ccccc2)[C@@H](OCc2ccccc2)[C@@H]1OCc1ccccc1. The monoisotopic (exact) mass is 540 g/mol. The van der Waals surface area contributed by atoms with Gasteiger partial charge in [-0.25, -0.2) is 4.79 Å². The molecule has 4 aromatic rings. The van der Waals surface area contributed by atoms with Crippen LogP contribution < -0.4 is 0 Å². The van der Waals surface area contributed by atoms with Gasteiger partial charge >= 0.3 is 5.97 Å². The van der Waals surface area contributed by atoms with Crippen molar-refractivity contribution < 1.29 is 23.7 Å². The largest absolute Gasteiger partial charge is 0.452 e. The Balaban J connectivity index is 1.45. The molecule has 1 fully saturated rings. The molecule has 39 heavy (non-hydrogen) atoms. The van der Waals surface area contributed by atoms with Gasteiger partial charge in [-0.3, -0.25) is 0 Å². The zero-order valence-corrected chi connectivity index (χ0v) is 22.6. The fourth-order valence-corrected chi connectivity index (χ4v) is 5.70. The molecule has 1 heterocycles. The zero-order valence-electron chi connectivity index (χ0n) is 21.8. The third kappa shape index (κ3) is 7.37. The van der Waals surface area contributed by atoms with Gasteiger partial charge in [0.2, 0.25) is 0 Å². The summed E-state index contributed by atoms with van der Waals surface area (Å²) in [5, 5.41) is 0. The number of carbonyl (C=O) groups excluding carboxylic acids is 1. The molecule has 5 atom stereocenters. The Hall–Kier alpha value is -3.42. The summed E-state index contributed by atoms with van der Waals surface area (Å²) in [6, 6.07) is 39.0. The molecule has 1 saturated heterocycles. The first-order valence-electron chi connectivity index (χ1n) is 13.1. The second-order valence-electron chi connectivity index (χ2n) is 9.40. The van der Waals surface area contributed by atoms with E-state index in [-0.39, 0.29) is 6.10 Å². The molecule has 200 valence electrons. The average molecular weight is 541 g/mol. The molecule has 0 saturated carbocycles. The summed E-state index contributed by atoms with van der Waals surface area (Å²) in [6.07, 6.45) is -2.05. The molecule has 1 aliphatic heterocycles. The Bertz CT molecular complexity index is 1290. The quantitative estimate of drug-likeness (QED) is 0.204. The molecule has 5 nitrogen and oxygen atoms in total. The van der Waals surface area contributed by atoms with E-state index in [0.29, 0.717) is 18.8 Å². The minimum Gasteiger partial charge on any atom is -0.452 e. The number of thioether (sulfide) groups is 1. The van der Waals surface area contributed by atoms with Gasteiger partial charge in [-0.1, -0.05) is 109 Å². The Kier molecular flexibility index (Phi) is 9.46. The summed E-state index contributed by atoms with van der Waals surface area (Å²) in [5.41, 5.74) is 2.06. The van der Waals surface area contributed by atoms with E-state index in [1.807, 2.05) is 116 Å². The zero-order chi connectivity index (χ0) is 26.9. The number of hydrogen-bond donors (Lipinski definition) is 0. The minimum atomic E-state index is -0.719. The molecule has 0 bridgehead atoms. The lowest BCUT2D eigenvalue weighted by atomic mass is 9.99. The first-order chi connectivity index (χ1) is 19.2. The van der Waals surface area contributed by atoms with Crippen LogP contribution in [0, 0.1) is 0 Å². The fraction of sp³-hybridized carbons (Fsp3) is 0.242. The van der Waals surface area contributed by atoms with Crippen molar-refractivity contribution in [3.8, 4) is 0 Å². The van der Waals surface area contributed by atoms with E-state index in [1.54, 1.807) is 12.1 Å². The number of hydrogen-bond acceptors (Lipinski definition) is 6. The van der Waals surface area contributed by atoms with Crippen LogP contribution >= 0.6 is 11.8 Å². The van der Waals surface area contributed by atoms with Crippen LogP contribution in [0.15, 0.2) is 126 Å². The molecule has 0 radical (unpaired) electrons. The summed E-state index contributed by atoms with van der Waals surface area (Å²) in [7, 11) is 0. The summed E-state index contributed by atoms with van der Waals surface area (Å²) in [5.74, 6) is -0.424. The van der Waals surface area contributed by atoms with E-state index < -0.39 is 29.7 Å². The predicted molar refractivity (Wildman–Crippen MR) is 152 cm³/mol. The van der Waals surface area contributed by atoms with Gasteiger partial charge in [-0.05, 0) is 42.3 Å². The fourth-order valence-electron chi connectivity index (χ4n) is 4.55. The number of benzene rings is 4. The predicted octanol–water partition coefficient (Wildman–Crippen LogP) is 6.92. The van der Waals surface area contributed by atoms with Gasteiger partial charge in [-0.15, -0.1) is 0 Å². The topological polar surface area (TPSA) is 54.0 Å². The molecule has 0 N–H and O–H groups in total. The molecule has 5 rings (SSSR count). The maximum absolute atomic E-state index is 13.3. The number of carbonyl (C=O) groups is 1. The molecular formula is C33H32O5S. The van der Waals surface area contributed by atoms with E-state index in [2.05, 4.69) is 0 Å². The van der Waals surface area contributed by atoms with Gasteiger partial charge in [0, 0.05) is 4.90 Å². The minimum absolute atomic E-state index is 0.303. The van der Waals surface area contributed by atoms with Crippen LogP contribution in [0.25, 0.3) is 0 Å². The Morgan fingerprint density at radius 3 is 1.72 bits per heavy atom. The molecule has 1 aliphatic rings. The molecule has 0 unspecified atom stereocenters. The maximum atomic E-state index is 13.3. The highest BCUT2D eigenvalue weighted by Crippen LogP contribution is 2.38. The maximum Gasteiger partial charge on any atom is 0.338 e. The first kappa shape index (κ1) is 27.2. The van der Waals surface area contributed by atoms with E-state index in [9.17, 15) is 4.79 Å². The highest BCUT2D eigenvalue weighted by Gasteiger charge is 2.48. The van der Waals surface area contributed by atoms with E-state index in [1.165, 1.54) is 11.8 Å². The van der Waals surface area contributed by atoms with Crippen molar-refractivity contribution in [2.45, 2.75) is 54.9 Å². The van der Waals surface area contributed by atoms with Gasteiger partial charge in [0.15, 0.2) is 6.10 Å². The molecular weight excluding hydrogens is 508 g/mol. The van der Waals surface area contributed by atoms with Crippen LogP contribution in [0.4, 0.5) is 0 Å². The van der Waals surface area contributed by atoms with E-state index >= 15 is 0 Å². The van der Waals surface area contributed by atoms with Gasteiger partial charge < -0.3 is 18.9 Å². The molecule has 6 heteroatoms. The number of ether oxygens (including phenoxy) is 4. The molecule has 0 spiro atoms. The van der Waals surface area contributed by atoms with Crippen LogP contribution in [0.2, 0.25) is 0 Å². The highest BCUT2D eigenvalue weighted by atomic mass is 32.2. The normalized spacial score (nSPS) is 22.7. The van der Waals surface area contributed by atoms with Gasteiger partial charge in [0.05, 0.1) is 24.9 Å². The van der Waals surface area contributed by atoms with Crippen molar-refractivity contribution in [3.05, 3.63) is 138 Å². The van der Waals surface area contributed by atoms with E-state index in [4.69, 9.17) is 18.9 Å². The summed E-state index contributed by atoms with van der Waals surface area (Å²) in [6.45, 7) is 2.73. The molecule has 0 amide bonds. The second-order valence-corrected chi connectivity index (χ2v) is 10.6. The van der Waals surface area contributed by atoms with Crippen LogP contribution in [-0.4, -0.2) is 35.8 Å². The summed E-state index contributed by atoms with van der Waals surface area (Å²) in [4.78, 5) is 14.3. The van der Waals surface area contributed by atoms with Gasteiger partial charge in [0.25, 0.3) is 0 Å². The number of esters is 1. The van der Waals surface area contributed by atoms with Gasteiger partial charge in [-0.2, -0.15) is 0 Å². The van der Waals surface area contributed by atoms with Crippen molar-refractivity contribution in [1.29, 1.82) is 0 Å². The van der Waals surface area contributed by atoms with Crippen LogP contribution in [0.1, 0.15) is 28.4 Å². The third-order valence-electron chi connectivity index (χ3n) is 6.55. The van der Waals surface area contributed by atoms with Crippen LogP contribution in [0.5, 0.6) is 0 Å². The van der Waals surface area contributed by atoms with Crippen molar-refractivity contribution in [2.75, 3.05) is 0 Å². The molecule has 0 aromatic heterocycles. The van der Waals surface area contributed by atoms with Crippen molar-refractivity contribution in [3.63, 3.8) is 0 Å². The van der Waals surface area contributed by atoms with Crippen molar-refractivity contribution in [1.82, 2.24) is 0 Å². The standard InChI is InChI=1S/C33H32O5S/c1-24-29(35-22-25-14-6-2-7-15-25)30(36-23-26-16-8-3-9-17-26)31(38-32(34)27-18-10-4-11-19-27)33(37-24)39-28-20-12-5-13-21-28/h2-21,24,29-31,33H,22-23H2,1H3/t24-,29-,30+,31-,33+/m1/s1. The van der Waals surface area contributed by atoms with Crippen LogP contribution in [0.3, 0.4) is 0 Å². The average Bonchev–Trinajstić information content (AvgIpc) is 2.99. The van der Waals surface area contributed by atoms with Gasteiger partial charge in [0.1, 0.15) is 17.6 Å². The van der Waals surface area contributed by atoms with Crippen LogP contribution in [-0.2, 0) is 32.2 Å². The third-order valence-corrected chi connectivity index (χ3v) is 7.70. The Morgan fingerprint density at radius 1 is 0.667 bits per heavy atom. The second kappa shape index (κ2) is 13.6. The smallest absolute Gasteiger partial charge is 0.338 e. The lowest BCUT2D eigenvalue weighted by Crippen LogP contribution is -2.58. The lowest BCUT2D eigenvalue weighted by Gasteiger charge is -2.44. The Labute approximate surface area is 234 Å². The first-order valence-corrected chi connectivity index (χ1v) is 14.0. The number of rotatable bonds is 10. The van der Waals surface area contributed by atoms with Crippen molar-refractivity contribution >= 4 is 17.7 Å². The lowest BCUT2D eigenvalue weighted by molar-refractivity contribution is -0.229. The highest BCUT2D eigenvalue weighted by molar-refractivity contribution is 7.99. The Morgan fingerprint density at radius 2 is 1.15 bits per heavy atom. The summed E-state index contributed by atoms with van der Waals surface area (Å²) >= 11 is 1.52. The summed E-state index contributed by atoms with van der Waals surface area (Å²) < 4.78 is 25.7. The van der Waals surface area contributed by atoms with Crippen molar-refractivity contribution in [2.24, 2.45) is 0 Å². The molecule has 4 aromatic carbocycles. The van der Waals surface area contributed by atoms with E-state index in [0.717, 1.165) is 16.0 Å².